The molecule has 0 atom stereocenters. The van der Waals surface area contributed by atoms with Crippen LogP contribution in [0.3, 0.4) is 0 Å². The highest BCUT2D eigenvalue weighted by molar-refractivity contribution is 5.89. The van der Waals surface area contributed by atoms with E-state index in [1.165, 1.54) is 4.90 Å². The van der Waals surface area contributed by atoms with Gasteiger partial charge >= 0.3 is 6.03 Å². The second-order valence-corrected chi connectivity index (χ2v) is 6.34. The zero-order chi connectivity index (χ0) is 17.2. The molecule has 0 spiro atoms. The van der Waals surface area contributed by atoms with Gasteiger partial charge in [-0.05, 0) is 45.9 Å². The standard InChI is InChI=1S/C17H23N3O3/c1-11-12(2)23-15(18-11)13-7-6-8-14(9-13)19-16(21)20(5)10-17(3,4)22/h6-9,22H,10H2,1-5H3,(H,19,21). The minimum Gasteiger partial charge on any atom is -0.441 e. The van der Waals surface area contributed by atoms with Crippen LogP contribution in [0.2, 0.25) is 0 Å². The van der Waals surface area contributed by atoms with E-state index in [1.807, 2.05) is 26.0 Å². The SMILES string of the molecule is Cc1nc(-c2cccc(NC(=O)N(C)CC(C)(C)O)c2)oc1C. The lowest BCUT2D eigenvalue weighted by atomic mass is 10.1. The number of carbonyl (C=O) groups is 1. The number of nitrogens with one attached hydrogen (secondary N) is 1. The van der Waals surface area contributed by atoms with Gasteiger partial charge in [0.1, 0.15) is 5.76 Å². The first-order valence-corrected chi connectivity index (χ1v) is 7.45. The second kappa shape index (κ2) is 6.42. The summed E-state index contributed by atoms with van der Waals surface area (Å²) in [5.41, 5.74) is 1.34. The van der Waals surface area contributed by atoms with Crippen molar-refractivity contribution in [2.45, 2.75) is 33.3 Å². The van der Waals surface area contributed by atoms with Crippen molar-refractivity contribution in [3.05, 3.63) is 35.7 Å². The van der Waals surface area contributed by atoms with Gasteiger partial charge in [0.25, 0.3) is 0 Å². The number of amides is 2. The molecule has 0 saturated heterocycles. The largest absolute Gasteiger partial charge is 0.441 e. The highest BCUT2D eigenvalue weighted by Crippen LogP contribution is 2.24. The van der Waals surface area contributed by atoms with Crippen LogP contribution in [-0.4, -0.2) is 40.2 Å². The van der Waals surface area contributed by atoms with Gasteiger partial charge in [0.05, 0.1) is 17.8 Å². The minimum atomic E-state index is -0.943. The van der Waals surface area contributed by atoms with Crippen LogP contribution in [0.1, 0.15) is 25.3 Å². The highest BCUT2D eigenvalue weighted by Gasteiger charge is 2.19. The van der Waals surface area contributed by atoms with Gasteiger partial charge in [0, 0.05) is 18.3 Å². The number of benzene rings is 1. The summed E-state index contributed by atoms with van der Waals surface area (Å²) in [6.45, 7) is 7.30. The van der Waals surface area contributed by atoms with Crippen molar-refractivity contribution >= 4 is 11.7 Å². The number of anilines is 1. The molecule has 0 aliphatic carbocycles. The van der Waals surface area contributed by atoms with Gasteiger partial charge < -0.3 is 19.7 Å². The summed E-state index contributed by atoms with van der Waals surface area (Å²) < 4.78 is 5.61. The van der Waals surface area contributed by atoms with E-state index in [0.717, 1.165) is 17.0 Å². The Morgan fingerprint density at radius 1 is 1.39 bits per heavy atom. The third-order valence-corrected chi connectivity index (χ3v) is 3.36. The van der Waals surface area contributed by atoms with Crippen LogP contribution in [-0.2, 0) is 0 Å². The van der Waals surface area contributed by atoms with Crippen molar-refractivity contribution in [1.82, 2.24) is 9.88 Å². The van der Waals surface area contributed by atoms with Crippen molar-refractivity contribution in [3.63, 3.8) is 0 Å². The molecule has 0 aliphatic heterocycles. The van der Waals surface area contributed by atoms with E-state index in [0.29, 0.717) is 11.6 Å². The van der Waals surface area contributed by atoms with Gasteiger partial charge in [-0.1, -0.05) is 6.07 Å². The Morgan fingerprint density at radius 2 is 2.09 bits per heavy atom. The van der Waals surface area contributed by atoms with Crippen molar-refractivity contribution in [2.24, 2.45) is 0 Å². The molecule has 1 heterocycles. The van der Waals surface area contributed by atoms with Crippen LogP contribution in [0.4, 0.5) is 10.5 Å². The first-order valence-electron chi connectivity index (χ1n) is 7.45. The number of oxazole rings is 1. The molecule has 124 valence electrons. The summed E-state index contributed by atoms with van der Waals surface area (Å²) in [7, 11) is 1.64. The van der Waals surface area contributed by atoms with E-state index >= 15 is 0 Å². The maximum Gasteiger partial charge on any atom is 0.321 e. The number of aryl methyl sites for hydroxylation is 2. The van der Waals surface area contributed by atoms with Crippen LogP contribution in [0.15, 0.2) is 28.7 Å². The monoisotopic (exact) mass is 317 g/mol. The van der Waals surface area contributed by atoms with E-state index in [-0.39, 0.29) is 12.6 Å². The Kier molecular flexibility index (Phi) is 4.75. The van der Waals surface area contributed by atoms with Gasteiger partial charge in [-0.25, -0.2) is 9.78 Å². The predicted octanol–water partition coefficient (Wildman–Crippen LogP) is 3.19. The Hall–Kier alpha value is -2.34. The van der Waals surface area contributed by atoms with Crippen molar-refractivity contribution < 1.29 is 14.3 Å². The molecule has 0 radical (unpaired) electrons. The molecule has 2 amide bonds. The summed E-state index contributed by atoms with van der Waals surface area (Å²) >= 11 is 0. The number of likely N-dealkylation sites (N-methyl/N-ethyl adjacent to an activating group) is 1. The summed E-state index contributed by atoms with van der Waals surface area (Å²) in [5.74, 6) is 1.31. The molecule has 2 rings (SSSR count). The number of urea groups is 1. The molecule has 6 heteroatoms. The quantitative estimate of drug-likeness (QED) is 0.907. The molecule has 1 aromatic heterocycles. The maximum atomic E-state index is 12.2. The fourth-order valence-electron chi connectivity index (χ4n) is 2.20. The lowest BCUT2D eigenvalue weighted by Crippen LogP contribution is -2.41. The molecule has 23 heavy (non-hydrogen) atoms. The number of carbonyl (C=O) groups excluding carboxylic acids is 1. The Balaban J connectivity index is 2.12. The lowest BCUT2D eigenvalue weighted by molar-refractivity contribution is 0.0550. The Bertz CT molecular complexity index is 682. The van der Waals surface area contributed by atoms with Crippen molar-refractivity contribution in [2.75, 3.05) is 18.9 Å². The first-order chi connectivity index (χ1) is 10.7. The third-order valence-electron chi connectivity index (χ3n) is 3.36. The molecule has 0 fully saturated rings. The van der Waals surface area contributed by atoms with Crippen molar-refractivity contribution in [1.29, 1.82) is 0 Å². The second-order valence-electron chi connectivity index (χ2n) is 6.34. The predicted molar refractivity (Wildman–Crippen MR) is 89.4 cm³/mol. The van der Waals surface area contributed by atoms with Gasteiger partial charge in [-0.15, -0.1) is 0 Å². The van der Waals surface area contributed by atoms with Crippen LogP contribution in [0.25, 0.3) is 11.5 Å². The Morgan fingerprint density at radius 3 is 2.65 bits per heavy atom. The number of aromatic nitrogens is 1. The van der Waals surface area contributed by atoms with Crippen LogP contribution < -0.4 is 5.32 Å². The third kappa shape index (κ3) is 4.56. The normalized spacial score (nSPS) is 11.4. The average molecular weight is 317 g/mol. The average Bonchev–Trinajstić information content (AvgIpc) is 2.77. The highest BCUT2D eigenvalue weighted by atomic mass is 16.4. The zero-order valence-electron chi connectivity index (χ0n) is 14.2. The number of hydrogen-bond acceptors (Lipinski definition) is 4. The minimum absolute atomic E-state index is 0.233. The molecular weight excluding hydrogens is 294 g/mol. The zero-order valence-corrected chi connectivity index (χ0v) is 14.2. The van der Waals surface area contributed by atoms with Gasteiger partial charge in [-0.3, -0.25) is 0 Å². The van der Waals surface area contributed by atoms with E-state index in [2.05, 4.69) is 10.3 Å². The number of nitrogens with zero attached hydrogens (tertiary/aromatic N) is 2. The summed E-state index contributed by atoms with van der Waals surface area (Å²) in [4.78, 5) is 18.0. The van der Waals surface area contributed by atoms with Crippen LogP contribution >= 0.6 is 0 Å². The van der Waals surface area contributed by atoms with Gasteiger partial charge in [0.2, 0.25) is 5.89 Å². The lowest BCUT2D eigenvalue weighted by Gasteiger charge is -2.25. The molecule has 2 aromatic rings. The molecule has 2 N–H and O–H groups in total. The summed E-state index contributed by atoms with van der Waals surface area (Å²) in [6, 6.07) is 7.02. The Labute approximate surface area is 136 Å². The van der Waals surface area contributed by atoms with Crippen molar-refractivity contribution in [3.8, 4) is 11.5 Å². The molecule has 0 aliphatic rings. The number of hydrogen-bond donors (Lipinski definition) is 2. The maximum absolute atomic E-state index is 12.2. The fourth-order valence-corrected chi connectivity index (χ4v) is 2.20. The van der Waals surface area contributed by atoms with Crippen LogP contribution in [0.5, 0.6) is 0 Å². The molecule has 0 saturated carbocycles. The van der Waals surface area contributed by atoms with E-state index in [4.69, 9.17) is 4.42 Å². The van der Waals surface area contributed by atoms with E-state index < -0.39 is 5.60 Å². The molecule has 0 bridgehead atoms. The number of rotatable bonds is 4. The summed E-state index contributed by atoms with van der Waals surface area (Å²) in [6.07, 6.45) is 0. The molecular formula is C17H23N3O3. The van der Waals surface area contributed by atoms with Crippen LogP contribution in [0, 0.1) is 13.8 Å². The van der Waals surface area contributed by atoms with Gasteiger partial charge in [-0.2, -0.15) is 0 Å². The van der Waals surface area contributed by atoms with E-state index in [1.54, 1.807) is 33.0 Å². The first kappa shape index (κ1) is 17.0. The van der Waals surface area contributed by atoms with E-state index in [9.17, 15) is 9.90 Å². The smallest absolute Gasteiger partial charge is 0.321 e. The van der Waals surface area contributed by atoms with Gasteiger partial charge in [0.15, 0.2) is 0 Å². The summed E-state index contributed by atoms with van der Waals surface area (Å²) in [5, 5.41) is 12.6. The number of aliphatic hydroxyl groups is 1. The fraction of sp³-hybridized carbons (Fsp3) is 0.412. The molecule has 0 unspecified atom stereocenters. The topological polar surface area (TPSA) is 78.6 Å². The molecule has 6 nitrogen and oxygen atoms in total. The molecule has 1 aromatic carbocycles.